The van der Waals surface area contributed by atoms with Gasteiger partial charge in [0, 0.05) is 10.4 Å². The van der Waals surface area contributed by atoms with Gasteiger partial charge in [0.25, 0.3) is 11.8 Å². The molecule has 0 aliphatic heterocycles. The summed E-state index contributed by atoms with van der Waals surface area (Å²) in [5, 5.41) is 4.00. The second kappa shape index (κ2) is 7.59. The van der Waals surface area contributed by atoms with Crippen LogP contribution in [0.25, 0.3) is 11.3 Å². The Hall–Kier alpha value is -2.93. The van der Waals surface area contributed by atoms with Crippen LogP contribution >= 0.6 is 11.3 Å². The molecule has 1 aromatic carbocycles. The third-order valence-corrected chi connectivity index (χ3v) is 6.22. The number of hydrogen-bond donors (Lipinski definition) is 2. The average Bonchev–Trinajstić information content (AvgIpc) is 3.29. The predicted molar refractivity (Wildman–Crippen MR) is 107 cm³/mol. The molecule has 1 aliphatic carbocycles. The van der Waals surface area contributed by atoms with Crippen molar-refractivity contribution < 1.29 is 14.1 Å². The molecule has 4 rings (SSSR count). The van der Waals surface area contributed by atoms with Crippen LogP contribution < -0.4 is 10.9 Å². The molecule has 1 unspecified atom stereocenters. The first-order valence-corrected chi connectivity index (χ1v) is 10.1. The molecule has 1 atom stereocenters. The van der Waals surface area contributed by atoms with Crippen molar-refractivity contribution in [2.24, 2.45) is 5.92 Å². The number of amides is 2. The van der Waals surface area contributed by atoms with E-state index in [2.05, 4.69) is 22.9 Å². The number of benzene rings is 1. The molecule has 0 bridgehead atoms. The summed E-state index contributed by atoms with van der Waals surface area (Å²) in [5.74, 6) is 0.272. The zero-order valence-corrected chi connectivity index (χ0v) is 16.6. The molecule has 0 spiro atoms. The molecule has 0 radical (unpaired) electrons. The minimum absolute atomic E-state index is 0.309. The van der Waals surface area contributed by atoms with Crippen LogP contribution in [0, 0.1) is 12.8 Å². The van der Waals surface area contributed by atoms with Gasteiger partial charge in [-0.25, -0.2) is 0 Å². The third kappa shape index (κ3) is 3.57. The number of fused-ring (bicyclic) bond motifs is 1. The van der Waals surface area contributed by atoms with Crippen molar-refractivity contribution in [3.8, 4) is 11.3 Å². The van der Waals surface area contributed by atoms with E-state index in [-0.39, 0.29) is 5.91 Å². The van der Waals surface area contributed by atoms with Gasteiger partial charge < -0.3 is 4.52 Å². The molecule has 2 heterocycles. The number of hydrazine groups is 1. The van der Waals surface area contributed by atoms with Crippen LogP contribution in [0.2, 0.25) is 0 Å². The van der Waals surface area contributed by atoms with Gasteiger partial charge in [0.1, 0.15) is 17.0 Å². The standard InChI is InChI=1S/C21H21N3O3S/c1-12-8-9-16-15(10-12)11-17(28-16)20(25)22-23-21(26)18-13(2)27-24-19(18)14-6-4-3-5-7-14/h3-7,11-12H,8-10H2,1-2H3,(H,22,25)(H,23,26). The number of hydrogen-bond acceptors (Lipinski definition) is 5. The number of thiophene rings is 1. The molecule has 0 fully saturated rings. The Bertz CT molecular complexity index is 1020. The molecule has 0 saturated heterocycles. The van der Waals surface area contributed by atoms with E-state index in [0.29, 0.717) is 27.8 Å². The maximum atomic E-state index is 12.7. The SMILES string of the molecule is Cc1onc(-c2ccccc2)c1C(=O)NNC(=O)c1cc2c(s1)CCC(C)C2. The Morgan fingerprint density at radius 1 is 1.18 bits per heavy atom. The summed E-state index contributed by atoms with van der Waals surface area (Å²) in [5.41, 5.74) is 7.79. The maximum Gasteiger partial charge on any atom is 0.279 e. The summed E-state index contributed by atoms with van der Waals surface area (Å²) in [7, 11) is 0. The van der Waals surface area contributed by atoms with Gasteiger partial charge in [0.2, 0.25) is 0 Å². The lowest BCUT2D eigenvalue weighted by atomic mass is 9.90. The molecule has 7 heteroatoms. The minimum Gasteiger partial charge on any atom is -0.360 e. The van der Waals surface area contributed by atoms with E-state index >= 15 is 0 Å². The molecule has 144 valence electrons. The Morgan fingerprint density at radius 3 is 2.71 bits per heavy atom. The summed E-state index contributed by atoms with van der Waals surface area (Å²) in [6, 6.07) is 11.3. The monoisotopic (exact) mass is 395 g/mol. The van der Waals surface area contributed by atoms with Gasteiger partial charge in [-0.3, -0.25) is 20.4 Å². The first-order valence-electron chi connectivity index (χ1n) is 9.27. The first kappa shape index (κ1) is 18.4. The van der Waals surface area contributed by atoms with Crippen LogP contribution in [-0.2, 0) is 12.8 Å². The summed E-state index contributed by atoms with van der Waals surface area (Å²) in [6.45, 7) is 3.90. The molecular formula is C21H21N3O3S. The van der Waals surface area contributed by atoms with E-state index in [1.54, 1.807) is 6.92 Å². The molecule has 28 heavy (non-hydrogen) atoms. The molecule has 2 aromatic heterocycles. The topological polar surface area (TPSA) is 84.2 Å². The number of rotatable bonds is 3. The van der Waals surface area contributed by atoms with Gasteiger partial charge in [0.05, 0.1) is 4.88 Å². The number of nitrogens with zero attached hydrogens (tertiary/aromatic N) is 1. The van der Waals surface area contributed by atoms with Crippen molar-refractivity contribution in [1.29, 1.82) is 0 Å². The number of nitrogens with one attached hydrogen (secondary N) is 2. The fourth-order valence-corrected chi connectivity index (χ4v) is 4.59. The highest BCUT2D eigenvalue weighted by molar-refractivity contribution is 7.14. The molecule has 2 amide bonds. The van der Waals surface area contributed by atoms with E-state index in [0.717, 1.165) is 24.8 Å². The van der Waals surface area contributed by atoms with Crippen LogP contribution in [0.4, 0.5) is 0 Å². The van der Waals surface area contributed by atoms with E-state index < -0.39 is 5.91 Å². The Labute approximate surface area is 166 Å². The van der Waals surface area contributed by atoms with Gasteiger partial charge in [0.15, 0.2) is 0 Å². The van der Waals surface area contributed by atoms with Crippen molar-refractivity contribution in [1.82, 2.24) is 16.0 Å². The van der Waals surface area contributed by atoms with Gasteiger partial charge >= 0.3 is 0 Å². The second-order valence-corrected chi connectivity index (χ2v) is 8.28. The normalized spacial score (nSPS) is 15.7. The molecule has 6 nitrogen and oxygen atoms in total. The molecule has 3 aromatic rings. The number of aromatic nitrogens is 1. The number of carbonyl (C=O) groups excluding carboxylic acids is 2. The Kier molecular flexibility index (Phi) is 5.00. The van der Waals surface area contributed by atoms with E-state index in [4.69, 9.17) is 4.52 Å². The van der Waals surface area contributed by atoms with Crippen molar-refractivity contribution in [2.75, 3.05) is 0 Å². The van der Waals surface area contributed by atoms with Gasteiger partial charge in [-0.15, -0.1) is 11.3 Å². The highest BCUT2D eigenvalue weighted by Crippen LogP contribution is 2.32. The summed E-state index contributed by atoms with van der Waals surface area (Å²) < 4.78 is 5.21. The molecule has 0 saturated carbocycles. The summed E-state index contributed by atoms with van der Waals surface area (Å²) in [4.78, 5) is 27.1. The van der Waals surface area contributed by atoms with Crippen molar-refractivity contribution >= 4 is 23.2 Å². The third-order valence-electron chi connectivity index (χ3n) is 4.98. The highest BCUT2D eigenvalue weighted by atomic mass is 32.1. The average molecular weight is 395 g/mol. The van der Waals surface area contributed by atoms with Crippen LogP contribution in [0.3, 0.4) is 0 Å². The quantitative estimate of drug-likeness (QED) is 0.659. The second-order valence-electron chi connectivity index (χ2n) is 7.14. The smallest absolute Gasteiger partial charge is 0.279 e. The van der Waals surface area contributed by atoms with E-state index in [1.165, 1.54) is 21.8 Å². The zero-order chi connectivity index (χ0) is 19.7. The lowest BCUT2D eigenvalue weighted by molar-refractivity contribution is 0.0848. The lowest BCUT2D eigenvalue weighted by Crippen LogP contribution is -2.41. The van der Waals surface area contributed by atoms with E-state index in [9.17, 15) is 9.59 Å². The van der Waals surface area contributed by atoms with Crippen LogP contribution in [0.15, 0.2) is 40.9 Å². The van der Waals surface area contributed by atoms with E-state index in [1.807, 2.05) is 36.4 Å². The lowest BCUT2D eigenvalue weighted by Gasteiger charge is -2.16. The Balaban J connectivity index is 1.47. The van der Waals surface area contributed by atoms with Crippen LogP contribution in [0.5, 0.6) is 0 Å². The summed E-state index contributed by atoms with van der Waals surface area (Å²) >= 11 is 1.50. The fraction of sp³-hybridized carbons (Fsp3) is 0.286. The fourth-order valence-electron chi connectivity index (χ4n) is 3.49. The maximum absolute atomic E-state index is 12.7. The number of carbonyl (C=O) groups is 2. The van der Waals surface area contributed by atoms with Crippen LogP contribution in [0.1, 0.15) is 49.6 Å². The largest absolute Gasteiger partial charge is 0.360 e. The van der Waals surface area contributed by atoms with Gasteiger partial charge in [-0.2, -0.15) is 0 Å². The molecule has 2 N–H and O–H groups in total. The van der Waals surface area contributed by atoms with Crippen LogP contribution in [-0.4, -0.2) is 17.0 Å². The summed E-state index contributed by atoms with van der Waals surface area (Å²) in [6.07, 6.45) is 3.17. The highest BCUT2D eigenvalue weighted by Gasteiger charge is 2.24. The van der Waals surface area contributed by atoms with Crippen molar-refractivity contribution in [2.45, 2.75) is 33.1 Å². The van der Waals surface area contributed by atoms with Gasteiger partial charge in [-0.05, 0) is 43.7 Å². The zero-order valence-electron chi connectivity index (χ0n) is 15.7. The van der Waals surface area contributed by atoms with Crippen molar-refractivity contribution in [3.05, 3.63) is 63.0 Å². The van der Waals surface area contributed by atoms with Crippen molar-refractivity contribution in [3.63, 3.8) is 0 Å². The molecule has 1 aliphatic rings. The Morgan fingerprint density at radius 2 is 1.93 bits per heavy atom. The predicted octanol–water partition coefficient (Wildman–Crippen LogP) is 3.91. The first-order chi connectivity index (χ1) is 13.5. The minimum atomic E-state index is -0.458. The number of aryl methyl sites for hydroxylation is 2. The molecular weight excluding hydrogens is 374 g/mol. The van der Waals surface area contributed by atoms with Gasteiger partial charge in [-0.1, -0.05) is 42.4 Å².